The molecule has 0 amide bonds. The Morgan fingerprint density at radius 1 is 1.10 bits per heavy atom. The number of nitrogens with zero attached hydrogens (tertiary/aromatic N) is 3. The normalized spacial score (nSPS) is 11.2. The van der Waals surface area contributed by atoms with Crippen molar-refractivity contribution in [3.8, 4) is 0 Å². The number of nitrogens with one attached hydrogen (secondary N) is 2. The van der Waals surface area contributed by atoms with E-state index in [1.165, 1.54) is 0 Å². The van der Waals surface area contributed by atoms with Crippen LogP contribution in [0.3, 0.4) is 0 Å². The number of hydrogen-bond donors (Lipinski definition) is 2. The van der Waals surface area contributed by atoms with Gasteiger partial charge in [0.1, 0.15) is 0 Å². The van der Waals surface area contributed by atoms with E-state index in [1.54, 1.807) is 0 Å². The number of benzene rings is 1. The van der Waals surface area contributed by atoms with Gasteiger partial charge in [-0.3, -0.25) is 9.78 Å². The highest BCUT2D eigenvalue weighted by Crippen LogP contribution is 2.17. The van der Waals surface area contributed by atoms with E-state index in [0.717, 1.165) is 29.6 Å². The van der Waals surface area contributed by atoms with Crippen molar-refractivity contribution >= 4 is 28.1 Å². The van der Waals surface area contributed by atoms with Gasteiger partial charge in [-0.1, -0.05) is 6.92 Å². The third kappa shape index (κ3) is 2.44. The summed E-state index contributed by atoms with van der Waals surface area (Å²) in [6.07, 6.45) is 0.948. The zero-order valence-electron chi connectivity index (χ0n) is 12.3. The maximum absolute atomic E-state index is 12.1. The monoisotopic (exact) mass is 283 g/mol. The molecule has 3 rings (SSSR count). The predicted molar refractivity (Wildman–Crippen MR) is 83.7 cm³/mol. The zero-order chi connectivity index (χ0) is 15.0. The lowest BCUT2D eigenvalue weighted by molar-refractivity contribution is 0.951. The van der Waals surface area contributed by atoms with Crippen molar-refractivity contribution in [1.29, 1.82) is 0 Å². The Kier molecular flexibility index (Phi) is 3.29. The summed E-state index contributed by atoms with van der Waals surface area (Å²) in [5.74, 6) is 0.437. The molecule has 0 aliphatic heterocycles. The number of anilines is 1. The molecule has 0 fully saturated rings. The Labute approximate surface area is 121 Å². The molecular formula is C15H17N5O. The Bertz CT molecular complexity index is 884. The van der Waals surface area contributed by atoms with Gasteiger partial charge in [0.05, 0.1) is 11.0 Å². The average molecular weight is 283 g/mol. The highest BCUT2D eigenvalue weighted by Gasteiger charge is 2.09. The van der Waals surface area contributed by atoms with Crippen molar-refractivity contribution in [3.63, 3.8) is 0 Å². The number of aryl methyl sites for hydroxylation is 2. The van der Waals surface area contributed by atoms with Gasteiger partial charge >= 0.3 is 0 Å². The Hall–Kier alpha value is -2.50. The van der Waals surface area contributed by atoms with Crippen LogP contribution in [0, 0.1) is 13.8 Å². The average Bonchev–Trinajstić information content (AvgIpc) is 2.45. The second-order valence-electron chi connectivity index (χ2n) is 5.16. The molecule has 108 valence electrons. The molecule has 0 aliphatic rings. The Morgan fingerprint density at radius 2 is 1.76 bits per heavy atom. The van der Waals surface area contributed by atoms with E-state index >= 15 is 0 Å². The summed E-state index contributed by atoms with van der Waals surface area (Å²) in [4.78, 5) is 28.0. The fraction of sp³-hybridized carbons (Fsp3) is 0.333. The highest BCUT2D eigenvalue weighted by molar-refractivity contribution is 5.85. The van der Waals surface area contributed by atoms with Crippen LogP contribution >= 0.6 is 0 Å². The van der Waals surface area contributed by atoms with Gasteiger partial charge in [0.15, 0.2) is 11.2 Å². The number of fused-ring (bicyclic) bond motifs is 2. The van der Waals surface area contributed by atoms with Crippen molar-refractivity contribution in [3.05, 3.63) is 33.6 Å². The number of hydrogen-bond acceptors (Lipinski definition) is 5. The fourth-order valence-electron chi connectivity index (χ4n) is 2.16. The summed E-state index contributed by atoms with van der Waals surface area (Å²) in [5.41, 5.74) is 4.11. The van der Waals surface area contributed by atoms with E-state index < -0.39 is 0 Å². The van der Waals surface area contributed by atoms with Crippen molar-refractivity contribution < 1.29 is 0 Å². The Morgan fingerprint density at radius 3 is 2.43 bits per heavy atom. The molecule has 3 aromatic rings. The summed E-state index contributed by atoms with van der Waals surface area (Å²) in [7, 11) is 0. The molecule has 0 unspecified atom stereocenters. The molecule has 0 aliphatic carbocycles. The minimum atomic E-state index is -0.272. The van der Waals surface area contributed by atoms with E-state index in [2.05, 4.69) is 25.3 Å². The van der Waals surface area contributed by atoms with Gasteiger partial charge in [0.25, 0.3) is 5.56 Å². The molecule has 1 aromatic carbocycles. The molecule has 0 radical (unpaired) electrons. The molecule has 2 N–H and O–H groups in total. The molecule has 0 bridgehead atoms. The molecule has 6 nitrogen and oxygen atoms in total. The van der Waals surface area contributed by atoms with E-state index in [0.29, 0.717) is 17.1 Å². The smallest absolute Gasteiger partial charge is 0.280 e. The summed E-state index contributed by atoms with van der Waals surface area (Å²) in [5, 5.41) is 3.06. The summed E-state index contributed by atoms with van der Waals surface area (Å²) in [6, 6.07) is 3.92. The van der Waals surface area contributed by atoms with Gasteiger partial charge in [-0.15, -0.1) is 0 Å². The first kappa shape index (κ1) is 13.5. The lowest BCUT2D eigenvalue weighted by Gasteiger charge is -2.06. The van der Waals surface area contributed by atoms with Crippen LogP contribution in [0.4, 0.5) is 5.95 Å². The maximum atomic E-state index is 12.1. The molecule has 21 heavy (non-hydrogen) atoms. The second-order valence-corrected chi connectivity index (χ2v) is 5.16. The molecule has 2 heterocycles. The lowest BCUT2D eigenvalue weighted by atomic mass is 10.1. The Balaban J connectivity index is 2.25. The maximum Gasteiger partial charge on any atom is 0.280 e. The summed E-state index contributed by atoms with van der Waals surface area (Å²) in [6.45, 7) is 6.83. The summed E-state index contributed by atoms with van der Waals surface area (Å²) >= 11 is 0. The number of H-pyrrole nitrogens is 1. The standard InChI is InChI=1S/C15H17N5O/c1-4-5-16-15-19-13-12(14(21)20-15)17-10-6-8(2)9(3)7-11(10)18-13/h6-7H,4-5H2,1-3H3,(H2,16,18,19,20,21). The number of aromatic amines is 1. The van der Waals surface area contributed by atoms with E-state index in [4.69, 9.17) is 0 Å². The molecule has 0 atom stereocenters. The molecule has 0 saturated carbocycles. The van der Waals surface area contributed by atoms with E-state index in [-0.39, 0.29) is 11.1 Å². The van der Waals surface area contributed by atoms with Crippen molar-refractivity contribution in [2.24, 2.45) is 0 Å². The number of aromatic nitrogens is 4. The van der Waals surface area contributed by atoms with Crippen LogP contribution in [0.15, 0.2) is 16.9 Å². The second kappa shape index (κ2) is 5.12. The van der Waals surface area contributed by atoms with Crippen molar-refractivity contribution in [1.82, 2.24) is 19.9 Å². The lowest BCUT2D eigenvalue weighted by Crippen LogP contribution is -2.15. The van der Waals surface area contributed by atoms with E-state index in [1.807, 2.05) is 32.9 Å². The van der Waals surface area contributed by atoms with Gasteiger partial charge in [0.2, 0.25) is 5.95 Å². The van der Waals surface area contributed by atoms with Crippen LogP contribution < -0.4 is 10.9 Å². The first-order chi connectivity index (χ1) is 10.1. The number of rotatable bonds is 3. The first-order valence-electron chi connectivity index (χ1n) is 7.01. The molecule has 6 heteroatoms. The van der Waals surface area contributed by atoms with Gasteiger partial charge < -0.3 is 5.32 Å². The minimum Gasteiger partial charge on any atom is -0.356 e. The van der Waals surface area contributed by atoms with Gasteiger partial charge in [-0.2, -0.15) is 4.98 Å². The molecule has 0 spiro atoms. The van der Waals surface area contributed by atoms with Crippen LogP contribution in [0.1, 0.15) is 24.5 Å². The van der Waals surface area contributed by atoms with E-state index in [9.17, 15) is 4.79 Å². The zero-order valence-corrected chi connectivity index (χ0v) is 12.3. The SMILES string of the molecule is CCCNc1nc2nc3cc(C)c(C)cc3nc2c(=O)[nH]1. The topological polar surface area (TPSA) is 83.6 Å². The highest BCUT2D eigenvalue weighted by atomic mass is 16.1. The van der Waals surface area contributed by atoms with Crippen LogP contribution in [0.5, 0.6) is 0 Å². The molecule has 2 aromatic heterocycles. The van der Waals surface area contributed by atoms with Gasteiger partial charge in [0, 0.05) is 6.54 Å². The third-order valence-corrected chi connectivity index (χ3v) is 3.47. The van der Waals surface area contributed by atoms with Crippen molar-refractivity contribution in [2.75, 3.05) is 11.9 Å². The minimum absolute atomic E-state index is 0.271. The van der Waals surface area contributed by atoms with Crippen LogP contribution in [0.25, 0.3) is 22.2 Å². The quantitative estimate of drug-likeness (QED) is 0.721. The van der Waals surface area contributed by atoms with Gasteiger partial charge in [-0.25, -0.2) is 9.97 Å². The third-order valence-electron chi connectivity index (χ3n) is 3.47. The first-order valence-corrected chi connectivity index (χ1v) is 7.01. The van der Waals surface area contributed by atoms with Crippen LogP contribution in [-0.2, 0) is 0 Å². The molecular weight excluding hydrogens is 266 g/mol. The summed E-state index contributed by atoms with van der Waals surface area (Å²) < 4.78 is 0. The predicted octanol–water partition coefficient (Wildman–Crippen LogP) is 2.31. The largest absolute Gasteiger partial charge is 0.356 e. The van der Waals surface area contributed by atoms with Crippen molar-refractivity contribution in [2.45, 2.75) is 27.2 Å². The van der Waals surface area contributed by atoms with Gasteiger partial charge in [-0.05, 0) is 43.5 Å². The van der Waals surface area contributed by atoms with Crippen LogP contribution in [-0.4, -0.2) is 26.5 Å². The van der Waals surface area contributed by atoms with Crippen LogP contribution in [0.2, 0.25) is 0 Å². The fourth-order valence-corrected chi connectivity index (χ4v) is 2.16. The molecule has 0 saturated heterocycles.